The van der Waals surface area contributed by atoms with E-state index in [1.54, 1.807) is 17.9 Å². The van der Waals surface area contributed by atoms with Crippen LogP contribution in [0.15, 0.2) is 21.3 Å². The third kappa shape index (κ3) is 3.43. The summed E-state index contributed by atoms with van der Waals surface area (Å²) in [6, 6.07) is 5.91. The van der Waals surface area contributed by atoms with Crippen molar-refractivity contribution in [2.75, 3.05) is 19.7 Å². The maximum absolute atomic E-state index is 12.4. The largest absolute Gasteiger partial charge is 0.483 e. The van der Waals surface area contributed by atoms with Gasteiger partial charge in [0.1, 0.15) is 11.3 Å². The normalized spacial score (nSPS) is 15.1. The summed E-state index contributed by atoms with van der Waals surface area (Å²) in [5, 5.41) is 9.68. The third-order valence-electron chi connectivity index (χ3n) is 5.04. The molecule has 6 nitrogen and oxygen atoms in total. The van der Waals surface area contributed by atoms with E-state index in [1.807, 2.05) is 19.9 Å². The van der Waals surface area contributed by atoms with Gasteiger partial charge in [0.2, 0.25) is 0 Å². The number of carbonyl (C=O) groups is 1. The van der Waals surface area contributed by atoms with E-state index in [0.717, 1.165) is 16.5 Å². The van der Waals surface area contributed by atoms with Crippen LogP contribution in [0.2, 0.25) is 0 Å². The summed E-state index contributed by atoms with van der Waals surface area (Å²) in [7, 11) is 0. The van der Waals surface area contributed by atoms with Gasteiger partial charge in [-0.1, -0.05) is 0 Å². The van der Waals surface area contributed by atoms with Crippen LogP contribution in [0.4, 0.5) is 0 Å². The summed E-state index contributed by atoms with van der Waals surface area (Å²) in [6.45, 7) is 6.55. The zero-order valence-electron chi connectivity index (χ0n) is 15.3. The molecule has 0 saturated carbocycles. The van der Waals surface area contributed by atoms with Gasteiger partial charge in [-0.2, -0.15) is 5.26 Å². The minimum Gasteiger partial charge on any atom is -0.483 e. The molecule has 136 valence electrons. The molecule has 0 radical (unpaired) electrons. The first-order chi connectivity index (χ1) is 12.4. The zero-order chi connectivity index (χ0) is 18.8. The maximum Gasteiger partial charge on any atom is 0.339 e. The van der Waals surface area contributed by atoms with E-state index in [2.05, 4.69) is 6.07 Å². The first-order valence-electron chi connectivity index (χ1n) is 8.75. The number of piperidine rings is 1. The van der Waals surface area contributed by atoms with Crippen molar-refractivity contribution in [1.29, 1.82) is 5.26 Å². The van der Waals surface area contributed by atoms with Gasteiger partial charge in [0, 0.05) is 24.6 Å². The van der Waals surface area contributed by atoms with Crippen LogP contribution in [-0.2, 0) is 4.79 Å². The van der Waals surface area contributed by atoms with Crippen molar-refractivity contribution < 1.29 is 13.9 Å². The van der Waals surface area contributed by atoms with Gasteiger partial charge in [0.25, 0.3) is 5.91 Å². The Balaban J connectivity index is 1.81. The molecule has 1 aliphatic heterocycles. The van der Waals surface area contributed by atoms with Crippen LogP contribution in [0.3, 0.4) is 0 Å². The first kappa shape index (κ1) is 18.0. The average Bonchev–Trinajstić information content (AvgIpc) is 2.63. The second kappa shape index (κ2) is 7.20. The number of hydrogen-bond acceptors (Lipinski definition) is 5. The molecule has 0 atom stereocenters. The molecule has 2 heterocycles. The van der Waals surface area contributed by atoms with E-state index in [4.69, 9.17) is 14.4 Å². The molecule has 26 heavy (non-hydrogen) atoms. The maximum atomic E-state index is 12.4. The quantitative estimate of drug-likeness (QED) is 0.792. The molecule has 0 N–H and O–H groups in total. The fourth-order valence-corrected chi connectivity index (χ4v) is 3.29. The van der Waals surface area contributed by atoms with Gasteiger partial charge >= 0.3 is 5.63 Å². The summed E-state index contributed by atoms with van der Waals surface area (Å²) in [6.07, 6.45) is 1.41. The van der Waals surface area contributed by atoms with E-state index in [0.29, 0.717) is 42.8 Å². The number of rotatable bonds is 3. The van der Waals surface area contributed by atoms with Crippen molar-refractivity contribution >= 4 is 16.9 Å². The number of aryl methyl sites for hydroxylation is 2. The minimum atomic E-state index is -0.358. The van der Waals surface area contributed by atoms with Gasteiger partial charge in [0.05, 0.1) is 11.5 Å². The molecule has 1 amide bonds. The Morgan fingerprint density at radius 3 is 2.62 bits per heavy atom. The van der Waals surface area contributed by atoms with Crippen molar-refractivity contribution in [3.63, 3.8) is 0 Å². The molecule has 1 aromatic heterocycles. The van der Waals surface area contributed by atoms with E-state index < -0.39 is 0 Å². The molecule has 1 aromatic carbocycles. The summed E-state index contributed by atoms with van der Waals surface area (Å²) in [5.41, 5.74) is 2.34. The second-order valence-electron chi connectivity index (χ2n) is 6.85. The number of carbonyl (C=O) groups excluding carboxylic acids is 1. The van der Waals surface area contributed by atoms with Crippen LogP contribution < -0.4 is 10.4 Å². The summed E-state index contributed by atoms with van der Waals surface area (Å²) in [5.74, 6) is 0.488. The molecule has 3 rings (SSSR count). The molecular weight excluding hydrogens is 332 g/mol. The highest BCUT2D eigenvalue weighted by Gasteiger charge is 2.23. The Kier molecular flexibility index (Phi) is 4.99. The average molecular weight is 354 g/mol. The highest BCUT2D eigenvalue weighted by Crippen LogP contribution is 2.31. The summed E-state index contributed by atoms with van der Waals surface area (Å²) in [4.78, 5) is 26.1. The van der Waals surface area contributed by atoms with Crippen molar-refractivity contribution in [3.8, 4) is 11.8 Å². The Hall–Kier alpha value is -2.81. The highest BCUT2D eigenvalue weighted by atomic mass is 16.5. The lowest BCUT2D eigenvalue weighted by molar-refractivity contribution is -0.134. The van der Waals surface area contributed by atoms with Crippen LogP contribution >= 0.6 is 0 Å². The molecule has 1 aliphatic rings. The van der Waals surface area contributed by atoms with Crippen LogP contribution in [0.25, 0.3) is 11.0 Å². The first-order valence-corrected chi connectivity index (χ1v) is 8.75. The lowest BCUT2D eigenvalue weighted by Gasteiger charge is -2.29. The number of amides is 1. The SMILES string of the molecule is Cc1cc(OCC(=O)N2CCC(C#N)CC2)c2c(C)c(C)c(=O)oc2c1. The molecule has 1 saturated heterocycles. The summed E-state index contributed by atoms with van der Waals surface area (Å²) < 4.78 is 11.2. The van der Waals surface area contributed by atoms with Crippen LogP contribution in [0.1, 0.15) is 29.5 Å². The van der Waals surface area contributed by atoms with Crippen molar-refractivity contribution in [2.24, 2.45) is 5.92 Å². The number of benzene rings is 1. The lowest BCUT2D eigenvalue weighted by Crippen LogP contribution is -2.40. The molecule has 1 fully saturated rings. The fourth-order valence-electron chi connectivity index (χ4n) is 3.29. The molecule has 6 heteroatoms. The number of nitriles is 1. The molecule has 0 bridgehead atoms. The van der Waals surface area contributed by atoms with Gasteiger partial charge in [-0.15, -0.1) is 0 Å². The number of nitrogens with zero attached hydrogens (tertiary/aromatic N) is 2. The molecule has 2 aromatic rings. The van der Waals surface area contributed by atoms with E-state index in [-0.39, 0.29) is 24.1 Å². The van der Waals surface area contributed by atoms with Gasteiger partial charge < -0.3 is 14.1 Å². The fraction of sp³-hybridized carbons (Fsp3) is 0.450. The predicted octanol–water partition coefficient (Wildman–Crippen LogP) is 2.86. The Bertz CT molecular complexity index is 947. The smallest absolute Gasteiger partial charge is 0.339 e. The van der Waals surface area contributed by atoms with E-state index in [9.17, 15) is 9.59 Å². The van der Waals surface area contributed by atoms with Crippen molar-refractivity contribution in [3.05, 3.63) is 39.2 Å². The number of likely N-dealkylation sites (tertiary alicyclic amines) is 1. The predicted molar refractivity (Wildman–Crippen MR) is 97.1 cm³/mol. The second-order valence-corrected chi connectivity index (χ2v) is 6.85. The lowest BCUT2D eigenvalue weighted by atomic mass is 9.99. The van der Waals surface area contributed by atoms with Gasteiger partial charge in [-0.05, 0) is 56.9 Å². The minimum absolute atomic E-state index is 0.0363. The number of ether oxygens (including phenoxy) is 1. The Morgan fingerprint density at radius 2 is 1.96 bits per heavy atom. The number of fused-ring (bicyclic) bond motifs is 1. The summed E-state index contributed by atoms with van der Waals surface area (Å²) >= 11 is 0. The Morgan fingerprint density at radius 1 is 1.27 bits per heavy atom. The van der Waals surface area contributed by atoms with Crippen molar-refractivity contribution in [2.45, 2.75) is 33.6 Å². The van der Waals surface area contributed by atoms with Gasteiger partial charge in [-0.25, -0.2) is 4.79 Å². The standard InChI is InChI=1S/C20H22N2O4/c1-12-8-16(19-13(2)14(3)20(24)26-17(19)9-12)25-11-18(23)22-6-4-15(10-21)5-7-22/h8-9,15H,4-7,11H2,1-3H3. The Labute approximate surface area is 152 Å². The molecule has 0 aliphatic carbocycles. The molecular formula is C20H22N2O4. The third-order valence-corrected chi connectivity index (χ3v) is 5.04. The number of hydrogen-bond donors (Lipinski definition) is 0. The topological polar surface area (TPSA) is 83.5 Å². The van der Waals surface area contributed by atoms with Crippen LogP contribution in [0.5, 0.6) is 5.75 Å². The molecule has 0 unspecified atom stereocenters. The molecule has 0 spiro atoms. The van der Waals surface area contributed by atoms with E-state index in [1.165, 1.54) is 0 Å². The van der Waals surface area contributed by atoms with Crippen molar-refractivity contribution in [1.82, 2.24) is 4.90 Å². The zero-order valence-corrected chi connectivity index (χ0v) is 15.3. The monoisotopic (exact) mass is 354 g/mol. The van der Waals surface area contributed by atoms with Gasteiger partial charge in [0.15, 0.2) is 6.61 Å². The van der Waals surface area contributed by atoms with Crippen LogP contribution in [-0.4, -0.2) is 30.5 Å². The van der Waals surface area contributed by atoms with Gasteiger partial charge in [-0.3, -0.25) is 4.79 Å². The highest BCUT2D eigenvalue weighted by molar-refractivity contribution is 5.88. The van der Waals surface area contributed by atoms with E-state index >= 15 is 0 Å². The van der Waals surface area contributed by atoms with Crippen LogP contribution in [0, 0.1) is 38.0 Å².